The van der Waals surface area contributed by atoms with Crippen LogP contribution in [-0.4, -0.2) is 0 Å². The van der Waals surface area contributed by atoms with E-state index in [1.807, 2.05) is 22.6 Å². The number of para-hydroxylation sites is 2. The van der Waals surface area contributed by atoms with Crippen LogP contribution in [-0.2, 0) is 6.18 Å². The van der Waals surface area contributed by atoms with E-state index >= 15 is 0 Å². The van der Waals surface area contributed by atoms with E-state index < -0.39 is 11.7 Å². The summed E-state index contributed by atoms with van der Waals surface area (Å²) in [5, 5.41) is 0. The summed E-state index contributed by atoms with van der Waals surface area (Å²) in [4.78, 5) is 0. The summed E-state index contributed by atoms with van der Waals surface area (Å²) in [7, 11) is 0. The van der Waals surface area contributed by atoms with Crippen molar-refractivity contribution in [2.24, 2.45) is 0 Å². The molecule has 1 nitrogen and oxygen atoms in total. The zero-order chi connectivity index (χ0) is 13.2. The Morgan fingerprint density at radius 2 is 1.39 bits per heavy atom. The Kier molecular flexibility index (Phi) is 3.79. The van der Waals surface area contributed by atoms with E-state index in [0.29, 0.717) is 5.75 Å². The van der Waals surface area contributed by atoms with E-state index in [9.17, 15) is 13.2 Å². The van der Waals surface area contributed by atoms with Crippen molar-refractivity contribution in [1.29, 1.82) is 0 Å². The lowest BCUT2D eigenvalue weighted by atomic mass is 10.2. The van der Waals surface area contributed by atoms with E-state index in [0.717, 1.165) is 9.64 Å². The van der Waals surface area contributed by atoms with Crippen LogP contribution in [0.2, 0.25) is 0 Å². The van der Waals surface area contributed by atoms with Crippen LogP contribution in [0.3, 0.4) is 0 Å². The summed E-state index contributed by atoms with van der Waals surface area (Å²) in [6, 6.07) is 12.1. The zero-order valence-electron chi connectivity index (χ0n) is 9.04. The van der Waals surface area contributed by atoms with E-state index in [-0.39, 0.29) is 5.75 Å². The first kappa shape index (κ1) is 13.2. The van der Waals surface area contributed by atoms with Gasteiger partial charge in [0.25, 0.3) is 0 Å². The first-order valence-electron chi connectivity index (χ1n) is 5.07. The van der Waals surface area contributed by atoms with Crippen molar-refractivity contribution in [2.45, 2.75) is 6.18 Å². The molecule has 0 bridgehead atoms. The van der Waals surface area contributed by atoms with E-state index in [4.69, 9.17) is 4.74 Å². The van der Waals surface area contributed by atoms with Crippen LogP contribution in [0.15, 0.2) is 48.5 Å². The number of ether oxygens (including phenoxy) is 1. The van der Waals surface area contributed by atoms with Crippen molar-refractivity contribution in [2.75, 3.05) is 0 Å². The van der Waals surface area contributed by atoms with Crippen molar-refractivity contribution in [3.63, 3.8) is 0 Å². The minimum absolute atomic E-state index is 0.186. The molecule has 0 heterocycles. The van der Waals surface area contributed by atoms with Gasteiger partial charge in [-0.05, 0) is 46.9 Å². The minimum atomic E-state index is -4.42. The van der Waals surface area contributed by atoms with Crippen molar-refractivity contribution < 1.29 is 17.9 Å². The van der Waals surface area contributed by atoms with Crippen LogP contribution in [0.4, 0.5) is 13.2 Å². The predicted molar refractivity (Wildman–Crippen MR) is 70.7 cm³/mol. The molecule has 0 aliphatic rings. The molecule has 0 N–H and O–H groups in total. The number of hydrogen-bond acceptors (Lipinski definition) is 1. The lowest BCUT2D eigenvalue weighted by Crippen LogP contribution is -2.06. The molecule has 0 aliphatic carbocycles. The number of benzene rings is 2. The van der Waals surface area contributed by atoms with Crippen LogP contribution in [0.1, 0.15) is 5.56 Å². The van der Waals surface area contributed by atoms with Gasteiger partial charge in [-0.2, -0.15) is 13.2 Å². The quantitative estimate of drug-likeness (QED) is 0.674. The first-order valence-corrected chi connectivity index (χ1v) is 6.15. The standard InChI is InChI=1S/C13H8F3IO/c14-13(15,16)9-5-1-3-7-11(9)18-12-8-4-2-6-10(12)17/h1-8H. The molecule has 0 spiro atoms. The largest absolute Gasteiger partial charge is 0.456 e. The fourth-order valence-corrected chi connectivity index (χ4v) is 1.93. The highest BCUT2D eigenvalue weighted by Crippen LogP contribution is 2.38. The number of rotatable bonds is 2. The highest BCUT2D eigenvalue weighted by molar-refractivity contribution is 14.1. The molecule has 0 atom stereocenters. The zero-order valence-corrected chi connectivity index (χ0v) is 11.2. The smallest absolute Gasteiger partial charge is 0.419 e. The lowest BCUT2D eigenvalue weighted by molar-refractivity contribution is -0.138. The molecule has 0 aromatic heterocycles. The van der Waals surface area contributed by atoms with Gasteiger partial charge in [-0.15, -0.1) is 0 Å². The minimum Gasteiger partial charge on any atom is -0.456 e. The SMILES string of the molecule is FC(F)(F)c1ccccc1Oc1ccccc1I. The van der Waals surface area contributed by atoms with Gasteiger partial charge in [-0.1, -0.05) is 24.3 Å². The molecule has 0 saturated heterocycles. The molecule has 0 unspecified atom stereocenters. The van der Waals surface area contributed by atoms with E-state index in [1.54, 1.807) is 24.3 Å². The maximum Gasteiger partial charge on any atom is 0.419 e. The van der Waals surface area contributed by atoms with Crippen molar-refractivity contribution in [3.8, 4) is 11.5 Å². The van der Waals surface area contributed by atoms with Crippen LogP contribution in [0.25, 0.3) is 0 Å². The summed E-state index contributed by atoms with van der Waals surface area (Å²) in [5.74, 6) is 0.226. The third-order valence-corrected chi connectivity index (χ3v) is 3.14. The molecule has 2 aromatic rings. The molecule has 0 amide bonds. The van der Waals surface area contributed by atoms with Crippen molar-refractivity contribution in [1.82, 2.24) is 0 Å². The highest BCUT2D eigenvalue weighted by atomic mass is 127. The predicted octanol–water partition coefficient (Wildman–Crippen LogP) is 5.10. The topological polar surface area (TPSA) is 9.23 Å². The lowest BCUT2D eigenvalue weighted by Gasteiger charge is -2.14. The third-order valence-electron chi connectivity index (χ3n) is 2.25. The molecule has 5 heteroatoms. The summed E-state index contributed by atoms with van der Waals surface area (Å²) in [6.45, 7) is 0. The molecule has 94 valence electrons. The van der Waals surface area contributed by atoms with Gasteiger partial charge in [0.05, 0.1) is 9.13 Å². The normalized spacial score (nSPS) is 11.3. The maximum absolute atomic E-state index is 12.8. The van der Waals surface area contributed by atoms with Gasteiger partial charge in [0.2, 0.25) is 0 Å². The summed E-state index contributed by atoms with van der Waals surface area (Å²) < 4.78 is 44.4. The average Bonchev–Trinajstić information content (AvgIpc) is 2.31. The van der Waals surface area contributed by atoms with Gasteiger partial charge in [0.15, 0.2) is 0 Å². The molecule has 0 fully saturated rings. The van der Waals surface area contributed by atoms with Crippen LogP contribution in [0.5, 0.6) is 11.5 Å². The van der Waals surface area contributed by atoms with Crippen LogP contribution in [0, 0.1) is 3.57 Å². The second-order valence-electron chi connectivity index (χ2n) is 3.53. The Bertz CT molecular complexity index is 552. The Hall–Kier alpha value is -1.24. The summed E-state index contributed by atoms with van der Waals surface area (Å²) in [5.41, 5.74) is -0.773. The molecule has 0 radical (unpaired) electrons. The summed E-state index contributed by atoms with van der Waals surface area (Å²) in [6.07, 6.45) is -4.42. The Labute approximate surface area is 116 Å². The molecular weight excluding hydrogens is 356 g/mol. The average molecular weight is 364 g/mol. The second kappa shape index (κ2) is 5.17. The van der Waals surface area contributed by atoms with Crippen molar-refractivity contribution in [3.05, 3.63) is 57.7 Å². The molecule has 18 heavy (non-hydrogen) atoms. The van der Waals surface area contributed by atoms with Gasteiger partial charge in [0, 0.05) is 0 Å². The maximum atomic E-state index is 12.8. The van der Waals surface area contributed by atoms with Gasteiger partial charge >= 0.3 is 6.18 Å². The van der Waals surface area contributed by atoms with Crippen LogP contribution >= 0.6 is 22.6 Å². The van der Waals surface area contributed by atoms with Crippen molar-refractivity contribution >= 4 is 22.6 Å². The number of alkyl halides is 3. The van der Waals surface area contributed by atoms with E-state index in [1.165, 1.54) is 18.2 Å². The van der Waals surface area contributed by atoms with E-state index in [2.05, 4.69) is 0 Å². The van der Waals surface area contributed by atoms with Crippen LogP contribution < -0.4 is 4.74 Å². The summed E-state index contributed by atoms with van der Waals surface area (Å²) >= 11 is 2.01. The van der Waals surface area contributed by atoms with Gasteiger partial charge in [0.1, 0.15) is 11.5 Å². The molecule has 0 saturated carbocycles. The third kappa shape index (κ3) is 2.95. The van der Waals surface area contributed by atoms with Gasteiger partial charge in [-0.3, -0.25) is 0 Å². The Morgan fingerprint density at radius 1 is 0.833 bits per heavy atom. The molecule has 2 rings (SSSR count). The molecular formula is C13H8F3IO. The number of halogens is 4. The highest BCUT2D eigenvalue weighted by Gasteiger charge is 2.34. The molecule has 0 aliphatic heterocycles. The Morgan fingerprint density at radius 3 is 2.00 bits per heavy atom. The monoisotopic (exact) mass is 364 g/mol. The second-order valence-corrected chi connectivity index (χ2v) is 4.69. The molecule has 2 aromatic carbocycles. The first-order chi connectivity index (χ1) is 8.48. The Balaban J connectivity index is 2.39. The fraction of sp³-hybridized carbons (Fsp3) is 0.0769. The fourth-order valence-electron chi connectivity index (χ4n) is 1.44. The van der Waals surface area contributed by atoms with Gasteiger partial charge < -0.3 is 4.74 Å². The number of hydrogen-bond donors (Lipinski definition) is 0. The van der Waals surface area contributed by atoms with Gasteiger partial charge in [-0.25, -0.2) is 0 Å².